The van der Waals surface area contributed by atoms with E-state index >= 15 is 0 Å². The second-order valence-corrected chi connectivity index (χ2v) is 22.6. The van der Waals surface area contributed by atoms with Crippen molar-refractivity contribution in [1.29, 1.82) is 0 Å². The summed E-state index contributed by atoms with van der Waals surface area (Å²) in [7, 11) is 0. The Kier molecular flexibility index (Phi) is 24.0. The molecule has 0 aromatic heterocycles. The van der Waals surface area contributed by atoms with Crippen LogP contribution in [-0.2, 0) is 18.9 Å². The summed E-state index contributed by atoms with van der Waals surface area (Å²) in [5.41, 5.74) is 2.68. The fourth-order valence-corrected chi connectivity index (χ4v) is 13.8. The quantitative estimate of drug-likeness (QED) is 0.0485. The van der Waals surface area contributed by atoms with Crippen LogP contribution >= 0.6 is 0 Å². The van der Waals surface area contributed by atoms with E-state index in [0.717, 1.165) is 61.5 Å². The smallest absolute Gasteiger partial charge is 0.0936 e. The molecule has 0 amide bonds. The maximum absolute atomic E-state index is 6.52. The van der Waals surface area contributed by atoms with Crippen LogP contribution in [0, 0.1) is 46.3 Å². The number of allylic oxidation sites excluding steroid dienone is 3. The van der Waals surface area contributed by atoms with Gasteiger partial charge in [-0.1, -0.05) is 142 Å². The van der Waals surface area contributed by atoms with Gasteiger partial charge in [-0.25, -0.2) is 0 Å². The Labute approximate surface area is 385 Å². The molecule has 0 bridgehead atoms. The van der Waals surface area contributed by atoms with Crippen molar-refractivity contribution < 1.29 is 18.9 Å². The first-order valence-electron chi connectivity index (χ1n) is 27.6. The second-order valence-electron chi connectivity index (χ2n) is 22.6. The summed E-state index contributed by atoms with van der Waals surface area (Å²) in [6.07, 6.45) is 44.4. The molecule has 5 heteroatoms. The lowest BCUT2D eigenvalue weighted by Gasteiger charge is -2.58. The van der Waals surface area contributed by atoms with Gasteiger partial charge in [0.15, 0.2) is 0 Å². The Morgan fingerprint density at radius 2 is 1.45 bits per heavy atom. The third-order valence-corrected chi connectivity index (χ3v) is 17.7. The molecule has 0 aromatic carbocycles. The molecule has 4 aliphatic carbocycles. The van der Waals surface area contributed by atoms with Gasteiger partial charge in [0.2, 0.25) is 0 Å². The number of rotatable bonds is 33. The van der Waals surface area contributed by atoms with Gasteiger partial charge >= 0.3 is 0 Å². The van der Waals surface area contributed by atoms with Crippen LogP contribution in [0.3, 0.4) is 0 Å². The molecule has 1 aliphatic heterocycles. The van der Waals surface area contributed by atoms with Gasteiger partial charge < -0.3 is 18.9 Å². The van der Waals surface area contributed by atoms with Crippen molar-refractivity contribution in [3.8, 4) is 0 Å². The highest BCUT2D eigenvalue weighted by Gasteiger charge is 2.59. The van der Waals surface area contributed by atoms with Gasteiger partial charge in [-0.2, -0.15) is 0 Å². The lowest BCUT2D eigenvalue weighted by atomic mass is 9.47. The first-order valence-corrected chi connectivity index (χ1v) is 27.6. The van der Waals surface area contributed by atoms with Crippen molar-refractivity contribution >= 4 is 0 Å². The minimum Gasteiger partial charge on any atom is -0.379 e. The van der Waals surface area contributed by atoms with Crippen molar-refractivity contribution in [3.63, 3.8) is 0 Å². The molecule has 0 N–H and O–H groups in total. The Morgan fingerprint density at radius 3 is 2.18 bits per heavy atom. The van der Waals surface area contributed by atoms with Gasteiger partial charge in [0.25, 0.3) is 0 Å². The predicted molar refractivity (Wildman–Crippen MR) is 264 cm³/mol. The Morgan fingerprint density at radius 1 is 0.726 bits per heavy atom. The molecule has 2 unspecified atom stereocenters. The lowest BCUT2D eigenvalue weighted by Crippen LogP contribution is -2.51. The van der Waals surface area contributed by atoms with Crippen molar-refractivity contribution in [1.82, 2.24) is 4.90 Å². The van der Waals surface area contributed by atoms with E-state index in [9.17, 15) is 0 Å². The number of likely N-dealkylation sites (tertiary alicyclic amines) is 1. The van der Waals surface area contributed by atoms with E-state index in [1.165, 1.54) is 167 Å². The molecule has 10 atom stereocenters. The summed E-state index contributed by atoms with van der Waals surface area (Å²) in [5.74, 6) is 5.37. The summed E-state index contributed by atoms with van der Waals surface area (Å²) >= 11 is 0. The number of hydrogen-bond donors (Lipinski definition) is 0. The van der Waals surface area contributed by atoms with Crippen molar-refractivity contribution in [2.24, 2.45) is 46.3 Å². The molecule has 4 fully saturated rings. The van der Waals surface area contributed by atoms with Crippen LogP contribution in [0.15, 0.2) is 23.8 Å². The normalized spacial score (nSPS) is 31.1. The summed E-state index contributed by atoms with van der Waals surface area (Å²) in [5, 5.41) is 0. The van der Waals surface area contributed by atoms with Crippen molar-refractivity contribution in [2.45, 2.75) is 240 Å². The Hall–Kier alpha value is -0.720. The first-order chi connectivity index (χ1) is 30.2. The van der Waals surface area contributed by atoms with Crippen LogP contribution in [-0.4, -0.2) is 75.9 Å². The average Bonchev–Trinajstić information content (AvgIpc) is 3.83. The third-order valence-electron chi connectivity index (χ3n) is 17.7. The van der Waals surface area contributed by atoms with E-state index in [2.05, 4.69) is 71.6 Å². The van der Waals surface area contributed by atoms with Crippen LogP contribution in [0.2, 0.25) is 0 Å². The van der Waals surface area contributed by atoms with Crippen LogP contribution in [0.1, 0.15) is 222 Å². The van der Waals surface area contributed by atoms with Gasteiger partial charge in [0, 0.05) is 19.2 Å². The van der Waals surface area contributed by atoms with E-state index < -0.39 is 0 Å². The lowest BCUT2D eigenvalue weighted by molar-refractivity contribution is -0.0736. The molecule has 0 spiro atoms. The van der Waals surface area contributed by atoms with Crippen LogP contribution in [0.4, 0.5) is 0 Å². The summed E-state index contributed by atoms with van der Waals surface area (Å²) in [6, 6.07) is 0.644. The molecule has 5 rings (SSSR count). The zero-order valence-corrected chi connectivity index (χ0v) is 42.3. The number of ether oxygens (including phenoxy) is 4. The molecule has 3 saturated carbocycles. The molecule has 1 saturated heterocycles. The minimum atomic E-state index is 0.112. The van der Waals surface area contributed by atoms with Gasteiger partial charge in [-0.3, -0.25) is 4.90 Å². The summed E-state index contributed by atoms with van der Waals surface area (Å²) in [6.45, 7) is 23.7. The number of nitrogens with zero attached hydrogens (tertiary/aromatic N) is 1. The van der Waals surface area contributed by atoms with E-state index in [1.807, 2.05) is 0 Å². The molecule has 5 aliphatic rings. The zero-order valence-electron chi connectivity index (χ0n) is 42.3. The van der Waals surface area contributed by atoms with Gasteiger partial charge in [-0.15, -0.1) is 0 Å². The van der Waals surface area contributed by atoms with E-state index in [1.54, 1.807) is 5.57 Å². The van der Waals surface area contributed by atoms with E-state index in [4.69, 9.17) is 18.9 Å². The monoisotopic (exact) mass is 866 g/mol. The van der Waals surface area contributed by atoms with Crippen LogP contribution < -0.4 is 0 Å². The molecule has 5 nitrogen and oxygen atoms in total. The summed E-state index contributed by atoms with van der Waals surface area (Å²) < 4.78 is 25.3. The average molecular weight is 866 g/mol. The Balaban J connectivity index is 0.909. The maximum Gasteiger partial charge on any atom is 0.0936 e. The highest BCUT2D eigenvalue weighted by atomic mass is 16.6. The van der Waals surface area contributed by atoms with E-state index in [-0.39, 0.29) is 6.10 Å². The fraction of sp³-hybridized carbons (Fsp3) is 0.930. The van der Waals surface area contributed by atoms with Crippen molar-refractivity contribution in [3.05, 3.63) is 23.8 Å². The largest absolute Gasteiger partial charge is 0.379 e. The second kappa shape index (κ2) is 28.5. The minimum absolute atomic E-state index is 0.112. The number of hydrogen-bond acceptors (Lipinski definition) is 5. The molecule has 0 aromatic rings. The molecule has 1 heterocycles. The molecule has 360 valence electrons. The standard InChI is InChI=1S/C57H103NO4/c1-8-9-10-11-12-13-14-15-16-17-18-19-20-21-22-23-38-60-45-51(44-58-37-25-28-48(58)5)62-42-40-59-39-41-61-50-33-35-56(6)49(43-50)29-30-52-54-32-31-53(47(4)27-24-26-46(2)3)57(54,7)36-34-55(52)56/h15-16,29,46-48,50-55H,8-14,17-28,30-45H2,1-7H3/t47-,48?,50+,51?,52+,53-,54+,55+,56+,57-/m1/s1. The summed E-state index contributed by atoms with van der Waals surface area (Å²) in [4.78, 5) is 2.59. The van der Waals surface area contributed by atoms with Gasteiger partial charge in [0.1, 0.15) is 0 Å². The van der Waals surface area contributed by atoms with Gasteiger partial charge in [0.05, 0.1) is 45.2 Å². The fourth-order valence-electron chi connectivity index (χ4n) is 13.8. The Bertz CT molecular complexity index is 1250. The third kappa shape index (κ3) is 16.3. The molecule has 62 heavy (non-hydrogen) atoms. The topological polar surface area (TPSA) is 40.2 Å². The van der Waals surface area contributed by atoms with Crippen molar-refractivity contribution in [2.75, 3.05) is 52.7 Å². The number of unbranched alkanes of at least 4 members (excludes halogenated alkanes) is 12. The predicted octanol–water partition coefficient (Wildman–Crippen LogP) is 15.4. The SMILES string of the molecule is CCCCCCCCC=CCCCCCCCCOCC(CN1CCCC1C)OCCOCCO[C@H]1CC[C@@]2(C)C(=CC[C@H]3[C@@H]4CC[C@H]([C@H](C)CCCC(C)C)[C@@]4(C)CC[C@@H]32)C1. The highest BCUT2D eigenvalue weighted by molar-refractivity contribution is 5.25. The van der Waals surface area contributed by atoms with Crippen LogP contribution in [0.5, 0.6) is 0 Å². The zero-order chi connectivity index (χ0) is 44.0. The van der Waals surface area contributed by atoms with Crippen LogP contribution in [0.25, 0.3) is 0 Å². The molecular weight excluding hydrogens is 763 g/mol. The van der Waals surface area contributed by atoms with Gasteiger partial charge in [-0.05, 0) is 156 Å². The first kappa shape index (κ1) is 52.3. The number of fused-ring (bicyclic) bond motifs is 5. The molecular formula is C57H103NO4. The maximum atomic E-state index is 6.52. The molecule has 0 radical (unpaired) electrons. The van der Waals surface area contributed by atoms with E-state index in [0.29, 0.717) is 56.0 Å². The highest BCUT2D eigenvalue weighted by Crippen LogP contribution is 2.67.